The zero-order valence-electron chi connectivity index (χ0n) is 57.4. The quantitative estimate of drug-likeness (QED) is 0.0321. The standard InChI is InChI=1S/C68H105N11O15/c1-15-43(8)59(51(92-13)38-55(83)78-37-23-27-50(78)61(93-14)44(9)62(85)71-45(10)60(84)47-24-18-16-19-25-47)76(11)66(89)57(41(4)5)75-65(88)58(42(6)7)77(12)68(91)94-39-46-29-31-48(32-30-46)72-63(86)49(26-22-35-70-67(69)90)73-64(87)56(40(2)3)74-52(80)28-20-17-21-36-79-53(81)33-34-54(79)82/h16,18-19,24-25,29-34,40-45,49-51,56-61,84H,15,17,20-23,26-28,35-39H2,1-14H3,(H,71,85)(H,72,86)(H,73,87)(H,74,80)(H,75,88)(H3,69,70,90)/t43-,44+,45-,49-,50-,51+,56-,57-,58-,59-,60-,61+/m0/s1. The summed E-state index contributed by atoms with van der Waals surface area (Å²) in [5.41, 5.74) is 6.77. The van der Waals surface area contributed by atoms with Gasteiger partial charge in [0.2, 0.25) is 41.4 Å². The topological polar surface area (TPSA) is 347 Å². The first kappa shape index (κ1) is 78.5. The molecule has 0 spiro atoms. The number of rotatable bonds is 38. The van der Waals surface area contributed by atoms with E-state index >= 15 is 0 Å². The number of aliphatic hydroxyl groups excluding tert-OH is 1. The minimum Gasteiger partial charge on any atom is -0.445 e. The third-order valence-corrected chi connectivity index (χ3v) is 17.7. The third kappa shape index (κ3) is 22.9. The molecule has 0 aliphatic carbocycles. The Morgan fingerprint density at radius 1 is 0.713 bits per heavy atom. The van der Waals surface area contributed by atoms with Crippen molar-refractivity contribution in [1.29, 1.82) is 0 Å². The SMILES string of the molecule is CC[C@H](C)[C@@H]([C@@H](CC(=O)N1CCC[C@H]1[C@H](OC)[C@@H](C)C(=O)N[C@@H](C)[C@H](O)c1ccccc1)OC)N(C)C(=O)[C@@H](NC(=O)[C@H](C(C)C)N(C)C(=O)OCc1ccc(NC(=O)[C@H](CCCNC(N)=O)NC(=O)[C@@H](NC(=O)CCCCCN2C(=O)C=CC2=O)C(C)C)cc1)C(C)C. The van der Waals surface area contributed by atoms with E-state index in [0.717, 1.165) is 4.90 Å². The summed E-state index contributed by atoms with van der Waals surface area (Å²) in [6.07, 6.45) is 2.94. The first-order valence-corrected chi connectivity index (χ1v) is 32.9. The second-order valence-electron chi connectivity index (χ2n) is 25.8. The van der Waals surface area contributed by atoms with Crippen LogP contribution in [0.1, 0.15) is 151 Å². The van der Waals surface area contributed by atoms with E-state index in [2.05, 4.69) is 31.9 Å². The van der Waals surface area contributed by atoms with E-state index in [1.54, 1.807) is 109 Å². The van der Waals surface area contributed by atoms with Gasteiger partial charge in [-0.2, -0.15) is 0 Å². The van der Waals surface area contributed by atoms with Crippen LogP contribution in [-0.4, -0.2) is 192 Å². The zero-order chi connectivity index (χ0) is 70.1. The monoisotopic (exact) mass is 1320 g/mol. The lowest BCUT2D eigenvalue weighted by atomic mass is 9.89. The molecule has 1 fully saturated rings. The maximum Gasteiger partial charge on any atom is 0.410 e. The summed E-state index contributed by atoms with van der Waals surface area (Å²) in [5, 5.41) is 27.6. The molecule has 0 radical (unpaired) electrons. The number of unbranched alkanes of at least 4 members (excludes halogenated alkanes) is 2. The number of nitrogens with one attached hydrogen (secondary N) is 6. The van der Waals surface area contributed by atoms with Crippen molar-refractivity contribution in [2.75, 3.05) is 53.3 Å². The molecule has 0 aromatic heterocycles. The van der Waals surface area contributed by atoms with Gasteiger partial charge < -0.3 is 66.8 Å². The highest BCUT2D eigenvalue weighted by atomic mass is 16.6. The molecule has 26 heteroatoms. The predicted octanol–water partition coefficient (Wildman–Crippen LogP) is 5.08. The number of imide groups is 1. The molecule has 12 amide bonds. The number of carbonyl (C=O) groups is 11. The number of ether oxygens (including phenoxy) is 3. The minimum atomic E-state index is -1.11. The molecule has 26 nitrogen and oxygen atoms in total. The number of benzene rings is 2. The number of methoxy groups -OCH3 is 2. The summed E-state index contributed by atoms with van der Waals surface area (Å²) in [6.45, 7) is 18.6. The van der Waals surface area contributed by atoms with Crippen LogP contribution in [0.3, 0.4) is 0 Å². The van der Waals surface area contributed by atoms with Gasteiger partial charge in [0.1, 0.15) is 30.8 Å². The Morgan fingerprint density at radius 3 is 1.93 bits per heavy atom. The van der Waals surface area contributed by atoms with Crippen LogP contribution in [0.2, 0.25) is 0 Å². The fraction of sp³-hybridized carbons (Fsp3) is 0.632. The van der Waals surface area contributed by atoms with Gasteiger partial charge in [-0.05, 0) is 92.4 Å². The fourth-order valence-electron chi connectivity index (χ4n) is 12.1. The van der Waals surface area contributed by atoms with E-state index in [4.69, 9.17) is 19.9 Å². The average Bonchev–Trinajstić information content (AvgIpc) is 1.33. The summed E-state index contributed by atoms with van der Waals surface area (Å²) >= 11 is 0. The first-order chi connectivity index (χ1) is 44.5. The number of carbonyl (C=O) groups excluding carboxylic acids is 11. The summed E-state index contributed by atoms with van der Waals surface area (Å²) in [4.78, 5) is 152. The number of amides is 12. The second kappa shape index (κ2) is 38.4. The number of primary amides is 1. The summed E-state index contributed by atoms with van der Waals surface area (Å²) in [5.74, 6) is -6.02. The van der Waals surface area contributed by atoms with E-state index in [9.17, 15) is 57.8 Å². The fourth-order valence-corrected chi connectivity index (χ4v) is 12.1. The van der Waals surface area contributed by atoms with Crippen molar-refractivity contribution in [3.05, 3.63) is 77.9 Å². The molecule has 9 N–H and O–H groups in total. The number of nitrogens with two attached hydrogens (primary N) is 1. The van der Waals surface area contributed by atoms with Gasteiger partial charge in [-0.25, -0.2) is 9.59 Å². The van der Waals surface area contributed by atoms with Gasteiger partial charge in [-0.3, -0.25) is 53.0 Å². The Morgan fingerprint density at radius 2 is 1.35 bits per heavy atom. The van der Waals surface area contributed by atoms with Gasteiger partial charge in [0.15, 0.2) is 0 Å². The van der Waals surface area contributed by atoms with Crippen molar-refractivity contribution in [2.45, 2.75) is 201 Å². The number of anilines is 1. The number of hydrogen-bond acceptors (Lipinski definition) is 15. The Bertz CT molecular complexity index is 2880. The van der Waals surface area contributed by atoms with Crippen molar-refractivity contribution in [3.8, 4) is 0 Å². The Balaban J connectivity index is 1.37. The smallest absolute Gasteiger partial charge is 0.410 e. The molecule has 0 unspecified atom stereocenters. The number of hydrogen-bond donors (Lipinski definition) is 8. The Hall–Kier alpha value is -7.97. The molecular formula is C68H105N11O15. The number of likely N-dealkylation sites (tertiary alicyclic amines) is 1. The molecule has 2 aromatic carbocycles. The molecule has 2 aliphatic heterocycles. The molecule has 4 rings (SSSR count). The molecular weight excluding hydrogens is 1210 g/mol. The lowest BCUT2D eigenvalue weighted by Gasteiger charge is -2.41. The van der Waals surface area contributed by atoms with Gasteiger partial charge >= 0.3 is 12.1 Å². The van der Waals surface area contributed by atoms with Crippen LogP contribution in [0, 0.1) is 29.6 Å². The molecule has 94 heavy (non-hydrogen) atoms. The highest BCUT2D eigenvalue weighted by Crippen LogP contribution is 2.31. The summed E-state index contributed by atoms with van der Waals surface area (Å²) in [7, 11) is 6.08. The van der Waals surface area contributed by atoms with Crippen LogP contribution in [0.15, 0.2) is 66.7 Å². The van der Waals surface area contributed by atoms with E-state index in [-0.39, 0.29) is 86.8 Å². The van der Waals surface area contributed by atoms with Gasteiger partial charge in [0, 0.05) is 72.2 Å². The molecule has 0 bridgehead atoms. The van der Waals surface area contributed by atoms with Crippen molar-refractivity contribution in [3.63, 3.8) is 0 Å². The van der Waals surface area contributed by atoms with E-state index in [0.29, 0.717) is 61.9 Å². The van der Waals surface area contributed by atoms with Crippen LogP contribution in [0.5, 0.6) is 0 Å². The molecule has 2 heterocycles. The maximum absolute atomic E-state index is 14.8. The van der Waals surface area contributed by atoms with Gasteiger partial charge in [0.25, 0.3) is 11.8 Å². The maximum atomic E-state index is 14.8. The molecule has 2 aliphatic rings. The van der Waals surface area contributed by atoms with Crippen molar-refractivity contribution < 1.29 is 72.1 Å². The second-order valence-corrected chi connectivity index (χ2v) is 25.8. The lowest BCUT2D eigenvalue weighted by molar-refractivity contribution is -0.148. The lowest BCUT2D eigenvalue weighted by Crippen LogP contribution is -2.60. The number of aliphatic hydroxyl groups is 1. The zero-order valence-corrected chi connectivity index (χ0v) is 57.4. The third-order valence-electron chi connectivity index (χ3n) is 17.7. The van der Waals surface area contributed by atoms with Crippen LogP contribution in [0.4, 0.5) is 15.3 Å². The highest BCUT2D eigenvalue weighted by molar-refractivity contribution is 6.12. The molecule has 1 saturated heterocycles. The molecule has 12 atom stereocenters. The Kier molecular flexibility index (Phi) is 32.1. The van der Waals surface area contributed by atoms with Crippen LogP contribution in [0.25, 0.3) is 0 Å². The van der Waals surface area contributed by atoms with Crippen molar-refractivity contribution >= 4 is 71.0 Å². The molecule has 0 saturated carbocycles. The van der Waals surface area contributed by atoms with Crippen molar-refractivity contribution in [1.82, 2.24) is 46.2 Å². The summed E-state index contributed by atoms with van der Waals surface area (Å²) < 4.78 is 17.7. The average molecular weight is 1320 g/mol. The number of urea groups is 1. The van der Waals surface area contributed by atoms with Gasteiger partial charge in [0.05, 0.1) is 48.8 Å². The number of nitrogens with zero attached hydrogens (tertiary/aromatic N) is 4. The van der Waals surface area contributed by atoms with Crippen LogP contribution < -0.4 is 37.6 Å². The van der Waals surface area contributed by atoms with E-state index in [1.165, 1.54) is 38.3 Å². The van der Waals surface area contributed by atoms with Crippen LogP contribution >= 0.6 is 0 Å². The van der Waals surface area contributed by atoms with E-state index in [1.807, 2.05) is 32.0 Å². The number of likely N-dealkylation sites (N-methyl/N-ethyl adjacent to an activating group) is 2. The predicted molar refractivity (Wildman–Crippen MR) is 353 cm³/mol. The molecule has 2 aromatic rings. The first-order valence-electron chi connectivity index (χ1n) is 32.9. The van der Waals surface area contributed by atoms with Gasteiger partial charge in [-0.1, -0.05) is 118 Å². The largest absolute Gasteiger partial charge is 0.445 e. The highest BCUT2D eigenvalue weighted by Gasteiger charge is 2.44. The van der Waals surface area contributed by atoms with Gasteiger partial charge in [-0.15, -0.1) is 0 Å². The minimum absolute atomic E-state index is 0.0841. The summed E-state index contributed by atoms with van der Waals surface area (Å²) in [6, 6.07) is 8.74. The van der Waals surface area contributed by atoms with Crippen LogP contribution in [-0.2, 0) is 64.0 Å². The Labute approximate surface area is 554 Å². The van der Waals surface area contributed by atoms with E-state index < -0.39 is 114 Å². The normalized spacial score (nSPS) is 17.4. The van der Waals surface area contributed by atoms with Crippen molar-refractivity contribution in [2.24, 2.45) is 35.3 Å². The molecule has 522 valence electrons.